The zero-order chi connectivity index (χ0) is 18.2. The minimum absolute atomic E-state index is 0.0199. The van der Waals surface area contributed by atoms with Crippen molar-refractivity contribution in [2.75, 3.05) is 26.5 Å². The first-order valence-electron chi connectivity index (χ1n) is 7.96. The van der Waals surface area contributed by atoms with Crippen LogP contribution >= 0.6 is 11.8 Å². The standard InChI is InChI=1S/C17H23N3O4S/c1-12(17(22)18-8-9-23-2)24-16(21)10-20-14-7-5-4-6-13(14)19-15(20)11-25-3/h4-7,12H,8-11H2,1-3H3,(H,18,22)/t12-/m1/s1. The number of imidazole rings is 1. The fourth-order valence-corrected chi connectivity index (χ4v) is 2.86. The number of carbonyl (C=O) groups is 2. The van der Waals surface area contributed by atoms with Crippen molar-refractivity contribution in [1.29, 1.82) is 0 Å². The van der Waals surface area contributed by atoms with Crippen molar-refractivity contribution in [3.05, 3.63) is 30.1 Å². The number of esters is 1. The number of amides is 1. The van der Waals surface area contributed by atoms with Crippen molar-refractivity contribution in [1.82, 2.24) is 14.9 Å². The van der Waals surface area contributed by atoms with Crippen molar-refractivity contribution in [3.8, 4) is 0 Å². The van der Waals surface area contributed by atoms with E-state index in [1.807, 2.05) is 35.1 Å². The maximum Gasteiger partial charge on any atom is 0.326 e. The number of aromatic nitrogens is 2. The number of hydrogen-bond donors (Lipinski definition) is 1. The number of methoxy groups -OCH3 is 1. The molecule has 1 amide bonds. The van der Waals surface area contributed by atoms with E-state index < -0.39 is 12.1 Å². The average Bonchev–Trinajstić information content (AvgIpc) is 2.93. The molecule has 0 radical (unpaired) electrons. The van der Waals surface area contributed by atoms with Crippen LogP contribution in [0.3, 0.4) is 0 Å². The highest BCUT2D eigenvalue weighted by Crippen LogP contribution is 2.19. The zero-order valence-electron chi connectivity index (χ0n) is 14.7. The van der Waals surface area contributed by atoms with Crippen LogP contribution in [0.25, 0.3) is 11.0 Å². The molecule has 0 saturated carbocycles. The molecule has 0 aliphatic heterocycles. The van der Waals surface area contributed by atoms with Gasteiger partial charge in [-0.15, -0.1) is 0 Å². The maximum absolute atomic E-state index is 12.3. The molecule has 2 aromatic rings. The summed E-state index contributed by atoms with van der Waals surface area (Å²) in [5, 5.41) is 2.65. The number of thioether (sulfide) groups is 1. The Bertz CT molecular complexity index is 732. The fraction of sp³-hybridized carbons (Fsp3) is 0.471. The lowest BCUT2D eigenvalue weighted by molar-refractivity contribution is -0.155. The van der Waals surface area contributed by atoms with Gasteiger partial charge < -0.3 is 19.4 Å². The highest BCUT2D eigenvalue weighted by molar-refractivity contribution is 7.97. The van der Waals surface area contributed by atoms with Gasteiger partial charge in [0, 0.05) is 13.7 Å². The van der Waals surface area contributed by atoms with Crippen LogP contribution in [0.15, 0.2) is 24.3 Å². The average molecular weight is 365 g/mol. The first-order chi connectivity index (χ1) is 12.1. The number of fused-ring (bicyclic) bond motifs is 1. The Morgan fingerprint density at radius 2 is 2.12 bits per heavy atom. The van der Waals surface area contributed by atoms with Crippen molar-refractivity contribution < 1.29 is 19.1 Å². The second-order valence-electron chi connectivity index (χ2n) is 5.45. The summed E-state index contributed by atoms with van der Waals surface area (Å²) in [6, 6.07) is 7.64. The largest absolute Gasteiger partial charge is 0.451 e. The number of benzene rings is 1. The molecule has 25 heavy (non-hydrogen) atoms. The molecule has 2 rings (SSSR count). The van der Waals surface area contributed by atoms with Crippen molar-refractivity contribution in [3.63, 3.8) is 0 Å². The molecule has 7 nitrogen and oxygen atoms in total. The van der Waals surface area contributed by atoms with Crippen LogP contribution < -0.4 is 5.32 Å². The van der Waals surface area contributed by atoms with E-state index in [4.69, 9.17) is 9.47 Å². The second-order valence-corrected chi connectivity index (χ2v) is 6.32. The first kappa shape index (κ1) is 19.3. The van der Waals surface area contributed by atoms with Gasteiger partial charge in [-0.3, -0.25) is 9.59 Å². The molecule has 0 aliphatic rings. The SMILES string of the molecule is COCCNC(=O)[C@@H](C)OC(=O)Cn1c(CSC)nc2ccccc21. The normalized spacial score (nSPS) is 12.1. The molecule has 8 heteroatoms. The van der Waals surface area contributed by atoms with Gasteiger partial charge in [-0.05, 0) is 25.3 Å². The Morgan fingerprint density at radius 3 is 2.84 bits per heavy atom. The lowest BCUT2D eigenvalue weighted by Gasteiger charge is -2.14. The summed E-state index contributed by atoms with van der Waals surface area (Å²) in [6.45, 7) is 2.35. The van der Waals surface area contributed by atoms with E-state index in [9.17, 15) is 9.59 Å². The van der Waals surface area contributed by atoms with Crippen LogP contribution in [0.2, 0.25) is 0 Å². The minimum Gasteiger partial charge on any atom is -0.451 e. The van der Waals surface area contributed by atoms with Crippen LogP contribution in [0.5, 0.6) is 0 Å². The molecule has 1 heterocycles. The monoisotopic (exact) mass is 365 g/mol. The van der Waals surface area contributed by atoms with Gasteiger partial charge in [-0.25, -0.2) is 4.98 Å². The van der Waals surface area contributed by atoms with Crippen molar-refractivity contribution in [2.24, 2.45) is 0 Å². The van der Waals surface area contributed by atoms with Crippen molar-refractivity contribution in [2.45, 2.75) is 25.3 Å². The highest BCUT2D eigenvalue weighted by atomic mass is 32.2. The summed E-state index contributed by atoms with van der Waals surface area (Å²) >= 11 is 1.63. The number of nitrogens with one attached hydrogen (secondary N) is 1. The minimum atomic E-state index is -0.858. The fourth-order valence-electron chi connectivity index (χ4n) is 2.38. The third-order valence-corrected chi connectivity index (χ3v) is 4.12. The highest BCUT2D eigenvalue weighted by Gasteiger charge is 2.19. The number of carbonyl (C=O) groups excluding carboxylic acids is 2. The Kier molecular flexibility index (Phi) is 7.27. The van der Waals surface area contributed by atoms with Gasteiger partial charge in [0.1, 0.15) is 12.4 Å². The van der Waals surface area contributed by atoms with Gasteiger partial charge in [-0.2, -0.15) is 11.8 Å². The predicted molar refractivity (Wildman–Crippen MR) is 97.4 cm³/mol. The van der Waals surface area contributed by atoms with Crippen LogP contribution in [-0.4, -0.2) is 54.0 Å². The summed E-state index contributed by atoms with van der Waals surface area (Å²) in [6.07, 6.45) is 1.12. The van der Waals surface area contributed by atoms with E-state index in [1.165, 1.54) is 0 Å². The van der Waals surface area contributed by atoms with Gasteiger partial charge in [-0.1, -0.05) is 12.1 Å². The number of hydrogen-bond acceptors (Lipinski definition) is 6. The van der Waals surface area contributed by atoms with E-state index >= 15 is 0 Å². The molecule has 1 atom stereocenters. The van der Waals surface area contributed by atoms with Crippen molar-refractivity contribution >= 4 is 34.7 Å². The first-order valence-corrected chi connectivity index (χ1v) is 9.35. The molecular weight excluding hydrogens is 342 g/mol. The molecule has 1 aromatic carbocycles. The number of para-hydroxylation sites is 2. The van der Waals surface area contributed by atoms with E-state index in [2.05, 4.69) is 10.3 Å². The molecule has 0 aliphatic carbocycles. The molecule has 0 unspecified atom stereocenters. The number of nitrogens with zero attached hydrogens (tertiary/aromatic N) is 2. The summed E-state index contributed by atoms with van der Waals surface area (Å²) in [5.74, 6) is 0.683. The quantitative estimate of drug-likeness (QED) is 0.537. The van der Waals surface area contributed by atoms with E-state index in [0.29, 0.717) is 18.9 Å². The molecule has 1 aromatic heterocycles. The summed E-state index contributed by atoms with van der Waals surface area (Å²) in [7, 11) is 1.55. The Hall–Kier alpha value is -2.06. The third kappa shape index (κ3) is 5.20. The topological polar surface area (TPSA) is 82.5 Å². The van der Waals surface area contributed by atoms with Crippen LogP contribution in [0, 0.1) is 0 Å². The zero-order valence-corrected chi connectivity index (χ0v) is 15.5. The molecule has 136 valence electrons. The number of rotatable bonds is 9. The van der Waals surface area contributed by atoms with E-state index in [1.54, 1.807) is 25.8 Å². The number of ether oxygens (including phenoxy) is 2. The Morgan fingerprint density at radius 1 is 1.36 bits per heavy atom. The molecule has 0 saturated heterocycles. The summed E-state index contributed by atoms with van der Waals surface area (Å²) < 4.78 is 12.0. The van der Waals surface area contributed by atoms with E-state index in [-0.39, 0.29) is 12.5 Å². The smallest absolute Gasteiger partial charge is 0.326 e. The molecule has 0 bridgehead atoms. The Labute approximate surface area is 151 Å². The summed E-state index contributed by atoms with van der Waals surface area (Å²) in [5.41, 5.74) is 1.71. The third-order valence-electron chi connectivity index (χ3n) is 3.58. The predicted octanol–water partition coefficient (Wildman–Crippen LogP) is 1.59. The van der Waals surface area contributed by atoms with Gasteiger partial charge in [0.25, 0.3) is 5.91 Å². The lowest BCUT2D eigenvalue weighted by atomic mass is 10.3. The second kappa shape index (κ2) is 9.43. The van der Waals surface area contributed by atoms with Gasteiger partial charge >= 0.3 is 5.97 Å². The molecule has 0 fully saturated rings. The Balaban J connectivity index is 2.03. The maximum atomic E-state index is 12.3. The van der Waals surface area contributed by atoms with Crippen LogP contribution in [0.4, 0.5) is 0 Å². The molecule has 0 spiro atoms. The lowest BCUT2D eigenvalue weighted by Crippen LogP contribution is -2.38. The van der Waals surface area contributed by atoms with Crippen LogP contribution in [0.1, 0.15) is 12.7 Å². The van der Waals surface area contributed by atoms with E-state index in [0.717, 1.165) is 16.9 Å². The van der Waals surface area contributed by atoms with Gasteiger partial charge in [0.05, 0.1) is 23.4 Å². The van der Waals surface area contributed by atoms with Gasteiger partial charge in [0.2, 0.25) is 0 Å². The molecular formula is C17H23N3O4S. The van der Waals surface area contributed by atoms with Crippen LogP contribution in [-0.2, 0) is 31.4 Å². The summed E-state index contributed by atoms with van der Waals surface area (Å²) in [4.78, 5) is 28.7. The van der Waals surface area contributed by atoms with Gasteiger partial charge in [0.15, 0.2) is 6.10 Å². The molecule has 1 N–H and O–H groups in total.